The smallest absolute Gasteiger partial charge is 0.341 e. The first-order valence-electron chi connectivity index (χ1n) is 11.0. The van der Waals surface area contributed by atoms with Gasteiger partial charge in [-0.25, -0.2) is 9.59 Å². The zero-order valence-electron chi connectivity index (χ0n) is 18.6. The molecule has 0 saturated heterocycles. The Kier molecular flexibility index (Phi) is 6.98. The van der Waals surface area contributed by atoms with E-state index in [2.05, 4.69) is 15.3 Å². The molecule has 8 nitrogen and oxygen atoms in total. The number of anilines is 1. The molecule has 1 amide bonds. The average molecular weight is 468 g/mol. The third kappa shape index (κ3) is 4.73. The van der Waals surface area contributed by atoms with Crippen LogP contribution in [0.4, 0.5) is 5.00 Å². The number of amides is 1. The summed E-state index contributed by atoms with van der Waals surface area (Å²) in [7, 11) is 1.33. The number of esters is 2. The number of fused-ring (bicyclic) bond motifs is 2. The second-order valence-corrected chi connectivity index (χ2v) is 8.89. The van der Waals surface area contributed by atoms with Crippen molar-refractivity contribution in [2.24, 2.45) is 0 Å². The first-order chi connectivity index (χ1) is 16.0. The van der Waals surface area contributed by atoms with Gasteiger partial charge in [0.25, 0.3) is 5.91 Å². The third-order valence-electron chi connectivity index (χ3n) is 5.68. The second kappa shape index (κ2) is 10.1. The predicted octanol–water partition coefficient (Wildman–Crippen LogP) is 4.32. The standard InChI is InChI=1S/C24H25N3O5S/c1-3-17(32-23(29)15-9-7-10-16-20(15)26-13-12-25-16)21(28)27-22-19(24(30)31-2)14-8-5-4-6-11-18(14)33-22/h7,9-10,12-13,17H,3-6,8,11H2,1-2H3,(H,27,28). The molecule has 1 aliphatic rings. The molecule has 3 aromatic rings. The minimum atomic E-state index is -1.03. The highest BCUT2D eigenvalue weighted by molar-refractivity contribution is 7.17. The largest absolute Gasteiger partial charge is 0.465 e. The van der Waals surface area contributed by atoms with Crippen LogP contribution in [0.1, 0.15) is 63.8 Å². The van der Waals surface area contributed by atoms with Crippen molar-refractivity contribution < 1.29 is 23.9 Å². The molecule has 0 saturated carbocycles. The van der Waals surface area contributed by atoms with Gasteiger partial charge in [0.1, 0.15) is 10.5 Å². The molecular formula is C24H25N3O5S. The number of methoxy groups -OCH3 is 1. The molecule has 1 unspecified atom stereocenters. The fourth-order valence-corrected chi connectivity index (χ4v) is 5.29. The Morgan fingerprint density at radius 3 is 2.67 bits per heavy atom. The van der Waals surface area contributed by atoms with Gasteiger partial charge in [0.15, 0.2) is 6.10 Å². The lowest BCUT2D eigenvalue weighted by Crippen LogP contribution is -2.32. The molecule has 1 atom stereocenters. The van der Waals surface area contributed by atoms with E-state index in [9.17, 15) is 14.4 Å². The van der Waals surface area contributed by atoms with Crippen molar-refractivity contribution >= 4 is 45.2 Å². The van der Waals surface area contributed by atoms with Crippen LogP contribution in [0.2, 0.25) is 0 Å². The fraction of sp³-hybridized carbons (Fsp3) is 0.375. The minimum Gasteiger partial charge on any atom is -0.465 e. The van der Waals surface area contributed by atoms with Crippen molar-refractivity contribution in [2.75, 3.05) is 12.4 Å². The topological polar surface area (TPSA) is 107 Å². The summed E-state index contributed by atoms with van der Waals surface area (Å²) in [6.45, 7) is 1.76. The number of nitrogens with zero attached hydrogens (tertiary/aromatic N) is 2. The van der Waals surface area contributed by atoms with E-state index in [1.165, 1.54) is 24.6 Å². The van der Waals surface area contributed by atoms with E-state index in [0.717, 1.165) is 42.5 Å². The Balaban J connectivity index is 1.56. The van der Waals surface area contributed by atoms with E-state index in [1.807, 2.05) is 0 Å². The first-order valence-corrected chi connectivity index (χ1v) is 11.8. The van der Waals surface area contributed by atoms with Crippen molar-refractivity contribution in [3.63, 3.8) is 0 Å². The van der Waals surface area contributed by atoms with Crippen molar-refractivity contribution in [1.82, 2.24) is 9.97 Å². The zero-order chi connectivity index (χ0) is 23.4. The van der Waals surface area contributed by atoms with Gasteiger partial charge >= 0.3 is 11.9 Å². The van der Waals surface area contributed by atoms with Gasteiger partial charge in [-0.1, -0.05) is 19.4 Å². The van der Waals surface area contributed by atoms with Crippen LogP contribution in [0.5, 0.6) is 0 Å². The van der Waals surface area contributed by atoms with Crippen molar-refractivity contribution in [3.8, 4) is 0 Å². The van der Waals surface area contributed by atoms with Crippen LogP contribution in [0.25, 0.3) is 11.0 Å². The highest BCUT2D eigenvalue weighted by atomic mass is 32.1. The Bertz CT molecular complexity index is 1200. The second-order valence-electron chi connectivity index (χ2n) is 7.78. The number of aryl methyl sites for hydroxylation is 1. The van der Waals surface area contributed by atoms with Gasteiger partial charge in [0.05, 0.1) is 23.8 Å². The van der Waals surface area contributed by atoms with Crippen LogP contribution in [-0.2, 0) is 27.1 Å². The molecule has 1 aliphatic carbocycles. The summed E-state index contributed by atoms with van der Waals surface area (Å²) in [5.41, 5.74) is 2.59. The molecule has 1 N–H and O–H groups in total. The molecule has 0 spiro atoms. The molecule has 0 aliphatic heterocycles. The number of thiophene rings is 1. The lowest BCUT2D eigenvalue weighted by Gasteiger charge is -2.16. The number of hydrogen-bond acceptors (Lipinski definition) is 8. The number of nitrogens with one attached hydrogen (secondary N) is 1. The number of carbonyl (C=O) groups excluding carboxylic acids is 3. The van der Waals surface area contributed by atoms with Gasteiger partial charge in [-0.15, -0.1) is 11.3 Å². The van der Waals surface area contributed by atoms with Crippen LogP contribution in [0.15, 0.2) is 30.6 Å². The molecule has 0 radical (unpaired) electrons. The molecule has 9 heteroatoms. The summed E-state index contributed by atoms with van der Waals surface area (Å²) in [5, 5.41) is 3.27. The van der Waals surface area contributed by atoms with Crippen LogP contribution in [0.3, 0.4) is 0 Å². The van der Waals surface area contributed by atoms with Gasteiger partial charge < -0.3 is 14.8 Å². The van der Waals surface area contributed by atoms with Gasteiger partial charge in [-0.05, 0) is 49.8 Å². The average Bonchev–Trinajstić information content (AvgIpc) is 3.01. The quantitative estimate of drug-likeness (QED) is 0.425. The lowest BCUT2D eigenvalue weighted by atomic mass is 10.1. The third-order valence-corrected chi connectivity index (χ3v) is 6.89. The van der Waals surface area contributed by atoms with Gasteiger partial charge in [0.2, 0.25) is 0 Å². The number of para-hydroxylation sites is 1. The molecule has 0 bridgehead atoms. The SMILES string of the molecule is CCC(OC(=O)c1cccc2nccnc12)C(=O)Nc1sc2c(c1C(=O)OC)CCCCC2. The molecule has 172 valence electrons. The fourth-order valence-electron chi connectivity index (χ4n) is 4.01. The van der Waals surface area contributed by atoms with Gasteiger partial charge in [-0.3, -0.25) is 14.8 Å². The van der Waals surface area contributed by atoms with Crippen LogP contribution in [0, 0.1) is 0 Å². The monoisotopic (exact) mass is 467 g/mol. The highest BCUT2D eigenvalue weighted by Crippen LogP contribution is 2.38. The summed E-state index contributed by atoms with van der Waals surface area (Å²) < 4.78 is 10.5. The van der Waals surface area contributed by atoms with Crippen molar-refractivity contribution in [1.29, 1.82) is 0 Å². The number of ether oxygens (including phenoxy) is 2. The first kappa shape index (κ1) is 22.8. The summed E-state index contributed by atoms with van der Waals surface area (Å²) in [4.78, 5) is 48.0. The zero-order valence-corrected chi connectivity index (χ0v) is 19.4. The molecule has 4 rings (SSSR count). The molecular weight excluding hydrogens is 442 g/mol. The van der Waals surface area contributed by atoms with E-state index in [-0.39, 0.29) is 12.0 Å². The van der Waals surface area contributed by atoms with Crippen LogP contribution >= 0.6 is 11.3 Å². The number of carbonyl (C=O) groups is 3. The van der Waals surface area contributed by atoms with E-state index in [1.54, 1.807) is 31.3 Å². The van der Waals surface area contributed by atoms with Crippen molar-refractivity contribution in [3.05, 3.63) is 52.2 Å². The molecule has 1 aromatic carbocycles. The number of hydrogen-bond donors (Lipinski definition) is 1. The minimum absolute atomic E-state index is 0.241. The number of aromatic nitrogens is 2. The summed E-state index contributed by atoms with van der Waals surface area (Å²) >= 11 is 1.40. The molecule has 33 heavy (non-hydrogen) atoms. The Morgan fingerprint density at radius 1 is 1.09 bits per heavy atom. The van der Waals surface area contributed by atoms with E-state index >= 15 is 0 Å². The maximum atomic E-state index is 13.1. The summed E-state index contributed by atoms with van der Waals surface area (Å²) in [6, 6.07) is 5.03. The van der Waals surface area contributed by atoms with Crippen LogP contribution < -0.4 is 5.32 Å². The van der Waals surface area contributed by atoms with Gasteiger partial charge in [-0.2, -0.15) is 0 Å². The van der Waals surface area contributed by atoms with Crippen LogP contribution in [-0.4, -0.2) is 41.0 Å². The molecule has 0 fully saturated rings. The summed E-state index contributed by atoms with van der Waals surface area (Å²) in [5.74, 6) is -1.61. The highest BCUT2D eigenvalue weighted by Gasteiger charge is 2.29. The predicted molar refractivity (Wildman–Crippen MR) is 125 cm³/mol. The molecule has 2 heterocycles. The van der Waals surface area contributed by atoms with Gasteiger partial charge in [0, 0.05) is 17.3 Å². The maximum Gasteiger partial charge on any atom is 0.341 e. The molecule has 2 aromatic heterocycles. The summed E-state index contributed by atoms with van der Waals surface area (Å²) in [6.07, 6.45) is 7.07. The van der Waals surface area contributed by atoms with E-state index in [0.29, 0.717) is 21.6 Å². The Hall–Kier alpha value is -3.33. The normalized spacial score (nSPS) is 14.1. The van der Waals surface area contributed by atoms with Crippen molar-refractivity contribution in [2.45, 2.75) is 51.6 Å². The number of rotatable bonds is 6. The maximum absolute atomic E-state index is 13.1. The van der Waals surface area contributed by atoms with E-state index in [4.69, 9.17) is 9.47 Å². The lowest BCUT2D eigenvalue weighted by molar-refractivity contribution is -0.124. The Labute approximate surface area is 195 Å². The van der Waals surface area contributed by atoms with E-state index < -0.39 is 23.9 Å². The Morgan fingerprint density at radius 2 is 1.88 bits per heavy atom. The number of benzene rings is 1.